The van der Waals surface area contributed by atoms with Crippen LogP contribution in [0.15, 0.2) is 48.5 Å². The number of aryl methyl sites for hydroxylation is 2. The number of alkyl halides is 2. The second kappa shape index (κ2) is 25.4. The van der Waals surface area contributed by atoms with E-state index in [-0.39, 0.29) is 50.6 Å². The van der Waals surface area contributed by atoms with E-state index in [1.165, 1.54) is 42.4 Å². The zero-order valence-electron chi connectivity index (χ0n) is 40.0. The summed E-state index contributed by atoms with van der Waals surface area (Å²) in [5, 5.41) is 14.3. The number of ketones is 1. The maximum absolute atomic E-state index is 14.9. The Morgan fingerprint density at radius 3 is 1.65 bits per heavy atom. The number of likely N-dealkylation sites (N-methyl/N-ethyl adjacent to an activating group) is 2. The van der Waals surface area contributed by atoms with Crippen LogP contribution >= 0.6 is 0 Å². The lowest BCUT2D eigenvalue weighted by Gasteiger charge is -2.31. The van der Waals surface area contributed by atoms with Crippen LogP contribution in [0.5, 0.6) is 0 Å². The summed E-state index contributed by atoms with van der Waals surface area (Å²) < 4.78 is 29.2. The fourth-order valence-corrected chi connectivity index (χ4v) is 9.96. The van der Waals surface area contributed by atoms with Gasteiger partial charge in [0, 0.05) is 12.8 Å². The minimum Gasteiger partial charge on any atom is -0.347 e. The number of carbonyl (C=O) groups excluding carboxylic acids is 6. The lowest BCUT2D eigenvalue weighted by Crippen LogP contribution is -2.55. The highest BCUT2D eigenvalue weighted by molar-refractivity contribution is 5.94. The molecule has 6 rings (SSSR count). The molecule has 0 spiro atoms. The van der Waals surface area contributed by atoms with Crippen molar-refractivity contribution in [2.24, 2.45) is 0 Å². The van der Waals surface area contributed by atoms with Gasteiger partial charge in [0.2, 0.25) is 29.5 Å². The van der Waals surface area contributed by atoms with Crippen molar-refractivity contribution < 1.29 is 37.5 Å². The predicted molar refractivity (Wildman–Crippen MR) is 252 cm³/mol. The molecular weight excluding hydrogens is 845 g/mol. The van der Waals surface area contributed by atoms with E-state index in [2.05, 4.69) is 57.8 Å². The first-order valence-electron chi connectivity index (χ1n) is 24.5. The summed E-state index contributed by atoms with van der Waals surface area (Å²) in [6.45, 7) is 6.48. The van der Waals surface area contributed by atoms with Gasteiger partial charge in [-0.15, -0.1) is 0 Å². The first-order valence-corrected chi connectivity index (χ1v) is 24.5. The Labute approximate surface area is 390 Å². The zero-order valence-corrected chi connectivity index (χ0v) is 40.0. The van der Waals surface area contributed by atoms with Gasteiger partial charge in [-0.3, -0.25) is 28.8 Å². The number of carbonyl (C=O) groups is 6. The van der Waals surface area contributed by atoms with Gasteiger partial charge in [0.05, 0.1) is 37.3 Å². The van der Waals surface area contributed by atoms with Gasteiger partial charge < -0.3 is 36.4 Å². The number of rotatable bonds is 19. The molecule has 2 aliphatic heterocycles. The minimum atomic E-state index is -1.38. The van der Waals surface area contributed by atoms with Crippen LogP contribution in [0.4, 0.5) is 8.78 Å². The van der Waals surface area contributed by atoms with Crippen LogP contribution < -0.4 is 26.6 Å². The van der Waals surface area contributed by atoms with Crippen molar-refractivity contribution in [2.45, 2.75) is 185 Å². The van der Waals surface area contributed by atoms with Crippen molar-refractivity contribution >= 4 is 35.3 Å². The Hall–Kier alpha value is -4.76. The number of nitrogens with zero attached hydrogens (tertiary/aromatic N) is 2. The van der Waals surface area contributed by atoms with Gasteiger partial charge in [-0.1, -0.05) is 81.1 Å². The van der Waals surface area contributed by atoms with E-state index >= 15 is 0 Å². The summed E-state index contributed by atoms with van der Waals surface area (Å²) in [5.41, 5.74) is 5.41. The smallest absolute Gasteiger partial charge is 0.245 e. The van der Waals surface area contributed by atoms with E-state index < -0.39 is 78.1 Å². The van der Waals surface area contributed by atoms with E-state index in [4.69, 9.17) is 0 Å². The molecule has 4 aliphatic rings. The fraction of sp³-hybridized carbons (Fsp3) is 0.647. The minimum absolute atomic E-state index is 0.0674. The lowest BCUT2D eigenvalue weighted by molar-refractivity contribution is -0.142. The molecule has 10 atom stereocenters. The maximum atomic E-state index is 14.9. The van der Waals surface area contributed by atoms with Gasteiger partial charge in [0.15, 0.2) is 5.78 Å². The number of unbranched alkanes of at least 4 members (excludes halogenated alkanes) is 3. The zero-order chi connectivity index (χ0) is 47.9. The quantitative estimate of drug-likeness (QED) is 0.112. The molecule has 2 fully saturated rings. The Morgan fingerprint density at radius 1 is 0.667 bits per heavy atom. The van der Waals surface area contributed by atoms with Crippen LogP contribution in [0.1, 0.15) is 145 Å². The number of hydrogen-bond donors (Lipinski definition) is 5. The number of halogens is 2. The van der Waals surface area contributed by atoms with E-state index in [1.54, 1.807) is 39.1 Å². The lowest BCUT2D eigenvalue weighted by atomic mass is 9.81. The highest BCUT2D eigenvalue weighted by Gasteiger charge is 2.44. The highest BCUT2D eigenvalue weighted by Crippen LogP contribution is 2.34. The van der Waals surface area contributed by atoms with Gasteiger partial charge in [-0.2, -0.15) is 0 Å². The van der Waals surface area contributed by atoms with Crippen LogP contribution in [0, 0.1) is 0 Å². The molecule has 0 aromatic heterocycles. The summed E-state index contributed by atoms with van der Waals surface area (Å²) in [4.78, 5) is 81.6. The fourth-order valence-electron chi connectivity index (χ4n) is 9.96. The van der Waals surface area contributed by atoms with Gasteiger partial charge in [0.25, 0.3) is 0 Å². The standard InChI is InChI=1S/C39H59F2N7O6.C12H16/c1-23(42-4)35(50)45-31(38(53)47-21-27(40)19-33(47)25(3)49)16-8-6-7-9-17-32(46-36(51)24(2)43-5)39(54)48-22-28(41)20-34(48)37(52)44-30-18-12-14-26-13-10-11-15-29(26)30;1-2-10-7-5-8-11-6-3-4-9-12(10)11/h10-11,13,15,23-24,27-28,30-34,42-43H,6-9,12,14,16-22H2,1-5H3,(H,44,52)(H,45,50)(H,46,51);3-4,6,9-10H,2,5,7-8H2,1H3/t23?,24?,27?,28?,30?,31?,32?,33?,34-;/m0./s1. The summed E-state index contributed by atoms with van der Waals surface area (Å²) in [6.07, 6.45) is 7.76. The van der Waals surface area contributed by atoms with Crippen LogP contribution in [0.3, 0.4) is 0 Å². The molecule has 0 saturated carbocycles. The Morgan fingerprint density at radius 2 is 1.14 bits per heavy atom. The molecule has 15 heteroatoms. The van der Waals surface area contributed by atoms with Crippen molar-refractivity contribution in [1.29, 1.82) is 0 Å². The van der Waals surface area contributed by atoms with Crippen LogP contribution in [0.25, 0.3) is 0 Å². The SMILES string of the molecule is CCC1CCCc2ccccc21.CNC(C)C(=O)NC(CCCCCCC(NC(=O)C(C)NC)C(=O)N1CC(F)C[C@H]1C(=O)NC1CCCc2ccccc21)C(=O)N1CC(F)CC1C(C)=O. The molecule has 5 N–H and O–H groups in total. The van der Waals surface area contributed by atoms with Crippen molar-refractivity contribution in [3.05, 3.63) is 70.8 Å². The predicted octanol–water partition coefficient (Wildman–Crippen LogP) is 5.69. The van der Waals surface area contributed by atoms with Gasteiger partial charge >= 0.3 is 0 Å². The average Bonchev–Trinajstić information content (AvgIpc) is 3.93. The molecule has 2 aliphatic carbocycles. The van der Waals surface area contributed by atoms with E-state index in [0.29, 0.717) is 25.7 Å². The Kier molecular flexibility index (Phi) is 20.1. The largest absolute Gasteiger partial charge is 0.347 e. The van der Waals surface area contributed by atoms with Crippen LogP contribution in [0.2, 0.25) is 0 Å². The molecule has 2 aromatic rings. The summed E-state index contributed by atoms with van der Waals surface area (Å²) >= 11 is 0. The second-order valence-corrected chi connectivity index (χ2v) is 18.8. The molecular formula is C51H75F2N7O6. The topological polar surface area (TPSA) is 169 Å². The highest BCUT2D eigenvalue weighted by atomic mass is 19.1. The van der Waals surface area contributed by atoms with Crippen molar-refractivity contribution in [2.75, 3.05) is 27.2 Å². The van der Waals surface area contributed by atoms with E-state index in [9.17, 15) is 37.5 Å². The third-order valence-electron chi connectivity index (χ3n) is 14.1. The third kappa shape index (κ3) is 13.9. The molecule has 9 unspecified atom stereocenters. The normalized spacial score (nSPS) is 24.1. The number of likely N-dealkylation sites (tertiary alicyclic amines) is 2. The molecule has 2 aromatic carbocycles. The van der Waals surface area contributed by atoms with Crippen molar-refractivity contribution in [1.82, 2.24) is 36.4 Å². The average molecular weight is 920 g/mol. The molecule has 5 amide bonds. The summed E-state index contributed by atoms with van der Waals surface area (Å²) in [6, 6.07) is 11.6. The molecule has 364 valence electrons. The maximum Gasteiger partial charge on any atom is 0.245 e. The number of amides is 5. The second-order valence-electron chi connectivity index (χ2n) is 18.8. The molecule has 2 heterocycles. The molecule has 0 radical (unpaired) electrons. The first kappa shape index (κ1) is 52.2. The van der Waals surface area contributed by atoms with Crippen LogP contribution in [-0.4, -0.2) is 121 Å². The van der Waals surface area contributed by atoms with Crippen molar-refractivity contribution in [3.63, 3.8) is 0 Å². The van der Waals surface area contributed by atoms with Gasteiger partial charge in [-0.25, -0.2) is 8.78 Å². The number of hydrogen-bond acceptors (Lipinski definition) is 8. The number of Topliss-reactive ketones (excluding diaryl/α,β-unsaturated/α-hetero) is 1. The molecule has 0 bridgehead atoms. The van der Waals surface area contributed by atoms with Crippen molar-refractivity contribution in [3.8, 4) is 0 Å². The molecule has 2 saturated heterocycles. The Bertz CT molecular complexity index is 1970. The number of fused-ring (bicyclic) bond motifs is 2. The third-order valence-corrected chi connectivity index (χ3v) is 14.1. The monoisotopic (exact) mass is 920 g/mol. The van der Waals surface area contributed by atoms with Gasteiger partial charge in [0.1, 0.15) is 30.5 Å². The summed E-state index contributed by atoms with van der Waals surface area (Å²) in [7, 11) is 3.24. The Balaban J connectivity index is 0.000000582. The molecule has 66 heavy (non-hydrogen) atoms. The number of benzene rings is 2. The number of nitrogens with one attached hydrogen (secondary N) is 5. The van der Waals surface area contributed by atoms with Crippen LogP contribution in [-0.2, 0) is 41.6 Å². The first-order chi connectivity index (χ1) is 31.7. The van der Waals surface area contributed by atoms with E-state index in [0.717, 1.165) is 36.3 Å². The van der Waals surface area contributed by atoms with Gasteiger partial charge in [-0.05, 0) is 121 Å². The summed E-state index contributed by atoms with van der Waals surface area (Å²) in [5.74, 6) is -1.69. The van der Waals surface area contributed by atoms with E-state index in [1.807, 2.05) is 24.3 Å². The molecule has 13 nitrogen and oxygen atoms in total.